The van der Waals surface area contributed by atoms with E-state index in [1.54, 1.807) is 0 Å². The number of nitrogens with zero attached hydrogens (tertiary/aromatic N) is 1. The summed E-state index contributed by atoms with van der Waals surface area (Å²) in [7, 11) is 0. The molecule has 2 N–H and O–H groups in total. The normalized spacial score (nSPS) is 24.3. The molecule has 0 aromatic heterocycles. The summed E-state index contributed by atoms with van der Waals surface area (Å²) in [5, 5.41) is 6.31. The zero-order valence-corrected chi connectivity index (χ0v) is 15.3. The van der Waals surface area contributed by atoms with Crippen LogP contribution in [0.5, 0.6) is 0 Å². The van der Waals surface area contributed by atoms with E-state index >= 15 is 0 Å². The maximum atomic E-state index is 12.6. The summed E-state index contributed by atoms with van der Waals surface area (Å²) < 4.78 is 5.56. The fraction of sp³-hybridized carbons (Fsp3) is 0.556. The topological polar surface area (TPSA) is 70.7 Å². The van der Waals surface area contributed by atoms with Gasteiger partial charge in [-0.1, -0.05) is 18.2 Å². The Balaban J connectivity index is 0.00000225. The minimum atomic E-state index is -0.255. The van der Waals surface area contributed by atoms with Crippen molar-refractivity contribution in [2.75, 3.05) is 26.2 Å². The third-order valence-electron chi connectivity index (χ3n) is 4.76. The molecule has 25 heavy (non-hydrogen) atoms. The molecule has 0 saturated carbocycles. The SMILES string of the molecule is C[C@H]1OCCN[C@@H]1C(=O)N1CCC(NC(=O)c2ccccc2)CC1.Cl. The summed E-state index contributed by atoms with van der Waals surface area (Å²) in [6.45, 7) is 4.64. The summed E-state index contributed by atoms with van der Waals surface area (Å²) in [6, 6.07) is 9.09. The number of carbonyl (C=O) groups is 2. The number of halogens is 1. The Hall–Kier alpha value is -1.63. The maximum absolute atomic E-state index is 12.6. The number of likely N-dealkylation sites (tertiary alicyclic amines) is 1. The molecule has 3 rings (SSSR count). The highest BCUT2D eigenvalue weighted by Gasteiger charge is 2.33. The lowest BCUT2D eigenvalue weighted by Crippen LogP contribution is -2.58. The molecular formula is C18H26ClN3O3. The fourth-order valence-electron chi connectivity index (χ4n) is 3.31. The van der Waals surface area contributed by atoms with Gasteiger partial charge in [0.1, 0.15) is 6.04 Å². The summed E-state index contributed by atoms with van der Waals surface area (Å²) in [4.78, 5) is 26.7. The molecule has 2 aliphatic rings. The second-order valence-electron chi connectivity index (χ2n) is 6.45. The van der Waals surface area contributed by atoms with Crippen LogP contribution in [0.2, 0.25) is 0 Å². The molecule has 7 heteroatoms. The van der Waals surface area contributed by atoms with Gasteiger partial charge in [0.05, 0.1) is 12.7 Å². The second-order valence-corrected chi connectivity index (χ2v) is 6.45. The first-order valence-electron chi connectivity index (χ1n) is 8.65. The molecule has 0 spiro atoms. The molecular weight excluding hydrogens is 342 g/mol. The van der Waals surface area contributed by atoms with Gasteiger partial charge in [-0.3, -0.25) is 9.59 Å². The number of ether oxygens (including phenoxy) is 1. The zero-order chi connectivity index (χ0) is 16.9. The lowest BCUT2D eigenvalue weighted by Gasteiger charge is -2.37. The molecule has 0 radical (unpaired) electrons. The fourth-order valence-corrected chi connectivity index (χ4v) is 3.31. The minimum Gasteiger partial charge on any atom is -0.375 e. The van der Waals surface area contributed by atoms with Gasteiger partial charge in [-0.15, -0.1) is 12.4 Å². The third kappa shape index (κ3) is 4.93. The van der Waals surface area contributed by atoms with Crippen molar-refractivity contribution in [3.05, 3.63) is 35.9 Å². The van der Waals surface area contributed by atoms with Crippen LogP contribution in [0.15, 0.2) is 30.3 Å². The Bertz CT molecular complexity index is 576. The van der Waals surface area contributed by atoms with Crippen molar-refractivity contribution >= 4 is 24.2 Å². The number of rotatable bonds is 3. The van der Waals surface area contributed by atoms with Gasteiger partial charge in [-0.05, 0) is 31.9 Å². The molecule has 0 unspecified atom stereocenters. The number of amides is 2. The Kier molecular flexibility index (Phi) is 7.23. The predicted octanol–water partition coefficient (Wildman–Crippen LogP) is 1.21. The monoisotopic (exact) mass is 367 g/mol. The third-order valence-corrected chi connectivity index (χ3v) is 4.76. The van der Waals surface area contributed by atoms with Crippen molar-refractivity contribution in [1.29, 1.82) is 0 Å². The molecule has 2 amide bonds. The van der Waals surface area contributed by atoms with Crippen LogP contribution < -0.4 is 10.6 Å². The largest absolute Gasteiger partial charge is 0.375 e. The van der Waals surface area contributed by atoms with E-state index in [2.05, 4.69) is 10.6 Å². The number of benzene rings is 1. The van der Waals surface area contributed by atoms with E-state index in [4.69, 9.17) is 4.74 Å². The van der Waals surface area contributed by atoms with Gasteiger partial charge in [0.15, 0.2) is 0 Å². The van der Waals surface area contributed by atoms with Gasteiger partial charge < -0.3 is 20.3 Å². The van der Waals surface area contributed by atoms with E-state index in [1.807, 2.05) is 42.2 Å². The molecule has 0 aliphatic carbocycles. The van der Waals surface area contributed by atoms with Crippen molar-refractivity contribution in [3.8, 4) is 0 Å². The molecule has 2 saturated heterocycles. The molecule has 1 aromatic rings. The Morgan fingerprint density at radius 2 is 1.88 bits per heavy atom. The standard InChI is InChI=1S/C18H25N3O3.ClH/c1-13-16(19-9-12-24-13)18(23)21-10-7-15(8-11-21)20-17(22)14-5-3-2-4-6-14;/h2-6,13,15-16,19H,7-12H2,1H3,(H,20,22);1H/t13-,16+;/m1./s1. The number of hydrogen-bond acceptors (Lipinski definition) is 4. The molecule has 2 atom stereocenters. The average molecular weight is 368 g/mol. The van der Waals surface area contributed by atoms with Crippen LogP contribution in [0.3, 0.4) is 0 Å². The van der Waals surface area contributed by atoms with Crippen LogP contribution in [0.25, 0.3) is 0 Å². The van der Waals surface area contributed by atoms with E-state index < -0.39 is 0 Å². The molecule has 0 bridgehead atoms. The number of piperidine rings is 1. The summed E-state index contributed by atoms with van der Waals surface area (Å²) in [5.41, 5.74) is 0.674. The number of nitrogens with one attached hydrogen (secondary N) is 2. The lowest BCUT2D eigenvalue weighted by atomic mass is 10.0. The van der Waals surface area contributed by atoms with Crippen molar-refractivity contribution in [3.63, 3.8) is 0 Å². The van der Waals surface area contributed by atoms with E-state index in [-0.39, 0.29) is 42.4 Å². The molecule has 2 heterocycles. The van der Waals surface area contributed by atoms with Crippen LogP contribution in [-0.4, -0.2) is 61.1 Å². The Morgan fingerprint density at radius 1 is 1.20 bits per heavy atom. The lowest BCUT2D eigenvalue weighted by molar-refractivity contribution is -0.140. The molecule has 2 aliphatic heterocycles. The van der Waals surface area contributed by atoms with Crippen molar-refractivity contribution in [2.24, 2.45) is 0 Å². The van der Waals surface area contributed by atoms with Gasteiger partial charge in [0.2, 0.25) is 5.91 Å². The van der Waals surface area contributed by atoms with Gasteiger partial charge in [-0.25, -0.2) is 0 Å². The Morgan fingerprint density at radius 3 is 2.52 bits per heavy atom. The van der Waals surface area contributed by atoms with E-state index in [1.165, 1.54) is 0 Å². The van der Waals surface area contributed by atoms with E-state index in [0.29, 0.717) is 31.8 Å². The highest BCUT2D eigenvalue weighted by Crippen LogP contribution is 2.15. The molecule has 138 valence electrons. The summed E-state index contributed by atoms with van der Waals surface area (Å²) in [6.07, 6.45) is 1.47. The quantitative estimate of drug-likeness (QED) is 0.842. The molecule has 1 aromatic carbocycles. The molecule has 6 nitrogen and oxygen atoms in total. The zero-order valence-electron chi connectivity index (χ0n) is 14.4. The van der Waals surface area contributed by atoms with E-state index in [9.17, 15) is 9.59 Å². The maximum Gasteiger partial charge on any atom is 0.251 e. The van der Waals surface area contributed by atoms with Crippen LogP contribution >= 0.6 is 12.4 Å². The smallest absolute Gasteiger partial charge is 0.251 e. The number of carbonyl (C=O) groups excluding carboxylic acids is 2. The minimum absolute atomic E-state index is 0. The highest BCUT2D eigenvalue weighted by molar-refractivity contribution is 5.94. The molecule has 2 fully saturated rings. The van der Waals surface area contributed by atoms with Gasteiger partial charge in [0.25, 0.3) is 5.91 Å². The number of hydrogen-bond donors (Lipinski definition) is 2. The Labute approximate surface area is 154 Å². The van der Waals surface area contributed by atoms with Crippen LogP contribution in [0.4, 0.5) is 0 Å². The van der Waals surface area contributed by atoms with Crippen LogP contribution in [0.1, 0.15) is 30.1 Å². The van der Waals surface area contributed by atoms with Crippen LogP contribution in [0, 0.1) is 0 Å². The van der Waals surface area contributed by atoms with Crippen molar-refractivity contribution in [2.45, 2.75) is 38.0 Å². The highest BCUT2D eigenvalue weighted by atomic mass is 35.5. The summed E-state index contributed by atoms with van der Waals surface area (Å²) in [5.74, 6) is 0.0615. The number of morpholine rings is 1. The van der Waals surface area contributed by atoms with E-state index in [0.717, 1.165) is 12.8 Å². The predicted molar refractivity (Wildman–Crippen MR) is 98.0 cm³/mol. The first-order chi connectivity index (χ1) is 11.6. The van der Waals surface area contributed by atoms with Crippen molar-refractivity contribution < 1.29 is 14.3 Å². The second kappa shape index (κ2) is 9.17. The van der Waals surface area contributed by atoms with Crippen molar-refractivity contribution in [1.82, 2.24) is 15.5 Å². The van der Waals surface area contributed by atoms with Gasteiger partial charge in [-0.2, -0.15) is 0 Å². The first kappa shape index (κ1) is 19.7. The van der Waals surface area contributed by atoms with Crippen LogP contribution in [-0.2, 0) is 9.53 Å². The first-order valence-corrected chi connectivity index (χ1v) is 8.65. The van der Waals surface area contributed by atoms with Gasteiger partial charge in [0, 0.05) is 31.2 Å². The summed E-state index contributed by atoms with van der Waals surface area (Å²) >= 11 is 0. The average Bonchev–Trinajstić information content (AvgIpc) is 2.63. The van der Waals surface area contributed by atoms with Gasteiger partial charge >= 0.3 is 0 Å².